The maximum Gasteiger partial charge on any atom is 0.241 e. The van der Waals surface area contributed by atoms with E-state index in [9.17, 15) is 9.90 Å². The minimum Gasteiger partial charge on any atom is -0.388 e. The Morgan fingerprint density at radius 2 is 2.44 bits per heavy atom. The van der Waals surface area contributed by atoms with Gasteiger partial charge in [0.1, 0.15) is 12.4 Å². The Labute approximate surface area is 94.4 Å². The van der Waals surface area contributed by atoms with Crippen LogP contribution < -0.4 is 11.1 Å². The van der Waals surface area contributed by atoms with Crippen LogP contribution in [0.3, 0.4) is 0 Å². The van der Waals surface area contributed by atoms with Crippen LogP contribution in [-0.4, -0.2) is 32.9 Å². The van der Waals surface area contributed by atoms with Crippen molar-refractivity contribution in [1.82, 2.24) is 15.1 Å². The van der Waals surface area contributed by atoms with E-state index in [0.29, 0.717) is 12.2 Å². The summed E-state index contributed by atoms with van der Waals surface area (Å²) in [7, 11) is 0. The number of nitrogens with two attached hydrogens (primary N) is 1. The second kappa shape index (κ2) is 4.98. The maximum absolute atomic E-state index is 11.5. The van der Waals surface area contributed by atoms with E-state index in [1.54, 1.807) is 19.2 Å². The number of aromatic nitrogens is 2. The number of nitrogen functional groups attached to an aromatic ring is 1. The Balaban J connectivity index is 2.37. The number of anilines is 1. The number of rotatable bonds is 5. The Hall–Kier alpha value is -1.56. The standard InChI is InChI=1S/C10H18N4O2/c1-3-10(2,16)7-12-9(15)6-14-5-4-8(11)13-14/h4-5,16H,3,6-7H2,1-2H3,(H2,11,13)(H,12,15). The molecule has 0 aromatic carbocycles. The van der Waals surface area contributed by atoms with E-state index in [4.69, 9.17) is 5.73 Å². The molecule has 0 radical (unpaired) electrons. The third-order valence-electron chi connectivity index (χ3n) is 2.39. The molecule has 1 atom stereocenters. The molecule has 1 aromatic heterocycles. The minimum absolute atomic E-state index is 0.108. The van der Waals surface area contributed by atoms with Crippen LogP contribution in [0.25, 0.3) is 0 Å². The van der Waals surface area contributed by atoms with Gasteiger partial charge in [-0.3, -0.25) is 9.48 Å². The molecule has 0 saturated carbocycles. The van der Waals surface area contributed by atoms with E-state index in [0.717, 1.165) is 0 Å². The van der Waals surface area contributed by atoms with Gasteiger partial charge in [0.2, 0.25) is 5.91 Å². The summed E-state index contributed by atoms with van der Waals surface area (Å²) in [5.41, 5.74) is 4.55. The van der Waals surface area contributed by atoms with Gasteiger partial charge in [0, 0.05) is 12.7 Å². The highest BCUT2D eigenvalue weighted by atomic mass is 16.3. The molecular weight excluding hydrogens is 208 g/mol. The lowest BCUT2D eigenvalue weighted by atomic mass is 10.0. The van der Waals surface area contributed by atoms with Crippen LogP contribution >= 0.6 is 0 Å². The van der Waals surface area contributed by atoms with Crippen molar-refractivity contribution >= 4 is 11.7 Å². The molecule has 0 aliphatic rings. The Morgan fingerprint density at radius 1 is 1.75 bits per heavy atom. The van der Waals surface area contributed by atoms with Crippen molar-refractivity contribution in [3.63, 3.8) is 0 Å². The van der Waals surface area contributed by atoms with Gasteiger partial charge in [-0.25, -0.2) is 0 Å². The molecule has 1 amide bonds. The highest BCUT2D eigenvalue weighted by molar-refractivity contribution is 5.75. The fourth-order valence-electron chi connectivity index (χ4n) is 1.08. The van der Waals surface area contributed by atoms with Crippen LogP contribution in [0.1, 0.15) is 20.3 Å². The van der Waals surface area contributed by atoms with Crippen molar-refractivity contribution in [2.24, 2.45) is 0 Å². The molecule has 0 aliphatic heterocycles. The van der Waals surface area contributed by atoms with E-state index in [1.807, 2.05) is 6.92 Å². The van der Waals surface area contributed by atoms with Gasteiger partial charge in [0.25, 0.3) is 0 Å². The molecule has 90 valence electrons. The molecular formula is C10H18N4O2. The molecule has 6 heteroatoms. The highest BCUT2D eigenvalue weighted by Crippen LogP contribution is 2.05. The van der Waals surface area contributed by atoms with Crippen LogP contribution in [0.2, 0.25) is 0 Å². The van der Waals surface area contributed by atoms with Gasteiger partial charge >= 0.3 is 0 Å². The average Bonchev–Trinajstić information content (AvgIpc) is 2.61. The Morgan fingerprint density at radius 3 is 2.94 bits per heavy atom. The van der Waals surface area contributed by atoms with Crippen LogP contribution in [0.5, 0.6) is 0 Å². The normalized spacial score (nSPS) is 14.4. The first kappa shape index (κ1) is 12.5. The lowest BCUT2D eigenvalue weighted by Crippen LogP contribution is -2.41. The maximum atomic E-state index is 11.5. The van der Waals surface area contributed by atoms with Gasteiger partial charge in [-0.2, -0.15) is 5.10 Å². The number of carbonyl (C=O) groups excluding carboxylic acids is 1. The third-order valence-corrected chi connectivity index (χ3v) is 2.39. The zero-order valence-electron chi connectivity index (χ0n) is 9.60. The van der Waals surface area contributed by atoms with Crippen molar-refractivity contribution in [2.75, 3.05) is 12.3 Å². The predicted molar refractivity (Wildman–Crippen MR) is 60.6 cm³/mol. The van der Waals surface area contributed by atoms with Gasteiger partial charge < -0.3 is 16.2 Å². The van der Waals surface area contributed by atoms with Crippen LogP contribution in [0, 0.1) is 0 Å². The zero-order chi connectivity index (χ0) is 12.2. The van der Waals surface area contributed by atoms with Crippen molar-refractivity contribution in [2.45, 2.75) is 32.4 Å². The summed E-state index contributed by atoms with van der Waals surface area (Å²) < 4.78 is 1.45. The first-order chi connectivity index (χ1) is 7.43. The van der Waals surface area contributed by atoms with Crippen LogP contribution in [-0.2, 0) is 11.3 Å². The van der Waals surface area contributed by atoms with Crippen molar-refractivity contribution < 1.29 is 9.90 Å². The lowest BCUT2D eigenvalue weighted by molar-refractivity contribution is -0.123. The summed E-state index contributed by atoms with van der Waals surface area (Å²) in [5.74, 6) is 0.185. The minimum atomic E-state index is -0.862. The van der Waals surface area contributed by atoms with E-state index >= 15 is 0 Å². The summed E-state index contributed by atoms with van der Waals surface area (Å²) in [4.78, 5) is 11.5. The molecule has 0 aliphatic carbocycles. The monoisotopic (exact) mass is 226 g/mol. The number of aliphatic hydroxyl groups is 1. The van der Waals surface area contributed by atoms with E-state index < -0.39 is 5.60 Å². The lowest BCUT2D eigenvalue weighted by Gasteiger charge is -2.21. The molecule has 1 rings (SSSR count). The smallest absolute Gasteiger partial charge is 0.241 e. The fourth-order valence-corrected chi connectivity index (χ4v) is 1.08. The molecule has 1 heterocycles. The summed E-state index contributed by atoms with van der Waals surface area (Å²) >= 11 is 0. The number of hydrogen-bond donors (Lipinski definition) is 3. The van der Waals surface area contributed by atoms with Gasteiger partial charge in [-0.1, -0.05) is 6.92 Å². The number of amides is 1. The third kappa shape index (κ3) is 3.90. The molecule has 1 aromatic rings. The number of carbonyl (C=O) groups is 1. The molecule has 0 saturated heterocycles. The van der Waals surface area contributed by atoms with Gasteiger partial charge in [0.05, 0.1) is 5.60 Å². The molecule has 0 bridgehead atoms. The number of nitrogens with zero attached hydrogens (tertiary/aromatic N) is 2. The average molecular weight is 226 g/mol. The second-order valence-corrected chi connectivity index (χ2v) is 4.07. The highest BCUT2D eigenvalue weighted by Gasteiger charge is 2.18. The van der Waals surface area contributed by atoms with Crippen molar-refractivity contribution in [1.29, 1.82) is 0 Å². The molecule has 6 nitrogen and oxygen atoms in total. The molecule has 0 spiro atoms. The topological polar surface area (TPSA) is 93.2 Å². The van der Waals surface area contributed by atoms with E-state index in [2.05, 4.69) is 10.4 Å². The number of hydrogen-bond acceptors (Lipinski definition) is 4. The predicted octanol–water partition coefficient (Wildman–Crippen LogP) is -0.257. The van der Waals surface area contributed by atoms with Crippen molar-refractivity contribution in [3.8, 4) is 0 Å². The molecule has 4 N–H and O–H groups in total. The van der Waals surface area contributed by atoms with E-state index in [-0.39, 0.29) is 19.0 Å². The fraction of sp³-hybridized carbons (Fsp3) is 0.600. The van der Waals surface area contributed by atoms with Crippen molar-refractivity contribution in [3.05, 3.63) is 12.3 Å². The zero-order valence-corrected chi connectivity index (χ0v) is 9.60. The first-order valence-electron chi connectivity index (χ1n) is 5.21. The molecule has 16 heavy (non-hydrogen) atoms. The first-order valence-corrected chi connectivity index (χ1v) is 5.21. The summed E-state index contributed by atoms with van der Waals surface area (Å²) in [6.45, 7) is 3.88. The molecule has 0 fully saturated rings. The SMILES string of the molecule is CCC(C)(O)CNC(=O)Cn1ccc(N)n1. The van der Waals surface area contributed by atoms with Gasteiger partial charge in [-0.15, -0.1) is 0 Å². The molecule has 1 unspecified atom stereocenters. The summed E-state index contributed by atoms with van der Waals surface area (Å²) in [5, 5.41) is 16.2. The summed E-state index contributed by atoms with van der Waals surface area (Å²) in [6.07, 6.45) is 2.22. The van der Waals surface area contributed by atoms with Gasteiger partial charge in [0.15, 0.2) is 0 Å². The van der Waals surface area contributed by atoms with Crippen LogP contribution in [0.4, 0.5) is 5.82 Å². The second-order valence-electron chi connectivity index (χ2n) is 4.07. The number of nitrogens with one attached hydrogen (secondary N) is 1. The summed E-state index contributed by atoms with van der Waals surface area (Å²) in [6, 6.07) is 1.62. The Bertz CT molecular complexity index is 359. The quantitative estimate of drug-likeness (QED) is 0.645. The largest absolute Gasteiger partial charge is 0.388 e. The van der Waals surface area contributed by atoms with E-state index in [1.165, 1.54) is 4.68 Å². The van der Waals surface area contributed by atoms with Gasteiger partial charge in [-0.05, 0) is 19.4 Å². The van der Waals surface area contributed by atoms with Crippen LogP contribution in [0.15, 0.2) is 12.3 Å². The Kier molecular flexibility index (Phi) is 3.89.